The van der Waals surface area contributed by atoms with Crippen LogP contribution >= 0.6 is 12.4 Å². The predicted octanol–water partition coefficient (Wildman–Crippen LogP) is 4.30. The molecule has 0 atom stereocenters. The first-order valence-electron chi connectivity index (χ1n) is 11.7. The number of piperazine rings is 1. The van der Waals surface area contributed by atoms with E-state index in [-0.39, 0.29) is 45.6 Å². The van der Waals surface area contributed by atoms with Crippen LogP contribution in [0.25, 0.3) is 0 Å². The Morgan fingerprint density at radius 3 is 2.13 bits per heavy atom. The van der Waals surface area contributed by atoms with Crippen molar-refractivity contribution in [2.24, 2.45) is 0 Å². The molecule has 13 heteroatoms. The van der Waals surface area contributed by atoms with Crippen LogP contribution in [0.4, 0.5) is 25.8 Å². The molecule has 1 saturated heterocycles. The molecule has 0 saturated carbocycles. The Labute approximate surface area is 228 Å². The van der Waals surface area contributed by atoms with Crippen LogP contribution in [0.1, 0.15) is 12.5 Å². The lowest BCUT2D eigenvalue weighted by atomic mass is 10.1. The highest BCUT2D eigenvalue weighted by molar-refractivity contribution is 7.93. The highest BCUT2D eigenvalue weighted by Crippen LogP contribution is 2.33. The molecular weight excluding hydrogens is 558 g/mol. The van der Waals surface area contributed by atoms with Crippen LogP contribution in [-0.4, -0.2) is 55.0 Å². The molecule has 3 aromatic rings. The van der Waals surface area contributed by atoms with E-state index in [0.29, 0.717) is 18.8 Å². The molecule has 8 nitrogen and oxygen atoms in total. The molecule has 0 radical (unpaired) electrons. The Bertz CT molecular complexity index is 1510. The van der Waals surface area contributed by atoms with Crippen LogP contribution in [0, 0.1) is 11.6 Å². The van der Waals surface area contributed by atoms with Gasteiger partial charge in [0, 0.05) is 37.4 Å². The van der Waals surface area contributed by atoms with E-state index in [1.54, 1.807) is 13.0 Å². The molecule has 0 spiro atoms. The van der Waals surface area contributed by atoms with Gasteiger partial charge in [-0.05, 0) is 62.0 Å². The zero-order valence-corrected chi connectivity index (χ0v) is 23.3. The SMILES string of the molecule is CCc1c(F)cccc1S(=O)(=O)Nc1cc(N2CCN(C)CC2)ccc1NS(=O)(=O)c1cccc(F)c1.Cl. The largest absolute Gasteiger partial charge is 0.369 e. The summed E-state index contributed by atoms with van der Waals surface area (Å²) in [6.07, 6.45) is 0.142. The first-order valence-corrected chi connectivity index (χ1v) is 14.6. The topological polar surface area (TPSA) is 98.8 Å². The van der Waals surface area contributed by atoms with Gasteiger partial charge in [0.1, 0.15) is 11.6 Å². The summed E-state index contributed by atoms with van der Waals surface area (Å²) in [5.74, 6) is -1.38. The highest BCUT2D eigenvalue weighted by Gasteiger charge is 2.25. The number of benzene rings is 3. The standard InChI is InChI=1S/C25H28F2N4O4S2.ClH/c1-3-21-22(27)8-5-9-25(21)37(34,35)29-24-17-19(31-14-12-30(2)13-15-31)10-11-23(24)28-36(32,33)20-7-4-6-18(26)16-20;/h4-11,16-17,28-29H,3,12-15H2,1-2H3;1H. The molecule has 1 heterocycles. The van der Waals surface area contributed by atoms with Crippen molar-refractivity contribution in [1.82, 2.24) is 4.90 Å². The summed E-state index contributed by atoms with van der Waals surface area (Å²) in [6.45, 7) is 4.64. The predicted molar refractivity (Wildman–Crippen MR) is 147 cm³/mol. The van der Waals surface area contributed by atoms with Crippen LogP contribution in [0.5, 0.6) is 0 Å². The number of anilines is 3. The van der Waals surface area contributed by atoms with Gasteiger partial charge >= 0.3 is 0 Å². The van der Waals surface area contributed by atoms with Gasteiger partial charge in [0.2, 0.25) is 0 Å². The van der Waals surface area contributed by atoms with Crippen LogP contribution in [0.3, 0.4) is 0 Å². The van der Waals surface area contributed by atoms with Gasteiger partial charge in [0.15, 0.2) is 0 Å². The van der Waals surface area contributed by atoms with E-state index < -0.39 is 31.7 Å². The monoisotopic (exact) mass is 586 g/mol. The quantitative estimate of drug-likeness (QED) is 0.408. The second-order valence-corrected chi connectivity index (χ2v) is 12.1. The maximum atomic E-state index is 14.4. The lowest BCUT2D eigenvalue weighted by Crippen LogP contribution is -2.44. The minimum atomic E-state index is -4.30. The highest BCUT2D eigenvalue weighted by atomic mass is 35.5. The average molecular weight is 587 g/mol. The van der Waals surface area contributed by atoms with Crippen LogP contribution in [0.15, 0.2) is 70.5 Å². The zero-order chi connectivity index (χ0) is 26.8. The molecule has 206 valence electrons. The van der Waals surface area contributed by atoms with Crippen LogP contribution < -0.4 is 14.3 Å². The van der Waals surface area contributed by atoms with Crippen molar-refractivity contribution >= 4 is 49.5 Å². The Morgan fingerprint density at radius 1 is 0.816 bits per heavy atom. The lowest BCUT2D eigenvalue weighted by Gasteiger charge is -2.34. The van der Waals surface area contributed by atoms with E-state index in [0.717, 1.165) is 25.2 Å². The number of hydrogen-bond acceptors (Lipinski definition) is 6. The van der Waals surface area contributed by atoms with E-state index in [1.807, 2.05) is 7.05 Å². The van der Waals surface area contributed by atoms with Gasteiger partial charge in [-0.1, -0.05) is 19.1 Å². The summed E-state index contributed by atoms with van der Waals surface area (Å²) in [5.41, 5.74) is 0.615. The molecule has 4 rings (SSSR count). The van der Waals surface area contributed by atoms with Gasteiger partial charge in [0.05, 0.1) is 21.2 Å². The third-order valence-electron chi connectivity index (χ3n) is 6.19. The van der Waals surface area contributed by atoms with Crippen molar-refractivity contribution in [2.45, 2.75) is 23.1 Å². The Hall–Kier alpha value is -2.93. The number of rotatable bonds is 8. The first-order chi connectivity index (χ1) is 17.5. The van der Waals surface area contributed by atoms with Gasteiger partial charge in [-0.3, -0.25) is 9.44 Å². The van der Waals surface area contributed by atoms with Gasteiger partial charge in [-0.25, -0.2) is 25.6 Å². The Balaban J connectivity index is 0.00000400. The summed E-state index contributed by atoms with van der Waals surface area (Å²) in [5, 5.41) is 0. The van der Waals surface area contributed by atoms with Crippen LogP contribution in [0.2, 0.25) is 0 Å². The summed E-state index contributed by atoms with van der Waals surface area (Å²) in [4.78, 5) is 3.67. The molecule has 2 N–H and O–H groups in total. The van der Waals surface area contributed by atoms with Gasteiger partial charge in [0.25, 0.3) is 20.0 Å². The second kappa shape index (κ2) is 11.9. The molecule has 0 unspecified atom stereocenters. The fraction of sp³-hybridized carbons (Fsp3) is 0.280. The molecule has 0 bridgehead atoms. The summed E-state index contributed by atoms with van der Waals surface area (Å²) in [7, 11) is -6.54. The fourth-order valence-electron chi connectivity index (χ4n) is 4.14. The molecule has 1 fully saturated rings. The normalized spacial score (nSPS) is 14.6. The molecule has 0 aliphatic carbocycles. The number of hydrogen-bond donors (Lipinski definition) is 2. The molecule has 0 amide bonds. The number of sulfonamides is 2. The van der Waals surface area contributed by atoms with Crippen molar-refractivity contribution in [3.63, 3.8) is 0 Å². The summed E-state index contributed by atoms with van der Waals surface area (Å²) >= 11 is 0. The molecule has 0 aromatic heterocycles. The average Bonchev–Trinajstić information content (AvgIpc) is 2.85. The van der Waals surface area contributed by atoms with Crippen LogP contribution in [-0.2, 0) is 26.5 Å². The smallest absolute Gasteiger partial charge is 0.262 e. The van der Waals surface area contributed by atoms with Gasteiger partial charge < -0.3 is 9.80 Å². The third-order valence-corrected chi connectivity index (χ3v) is 9.00. The van der Waals surface area contributed by atoms with Crippen molar-refractivity contribution in [3.05, 3.63) is 77.9 Å². The minimum Gasteiger partial charge on any atom is -0.369 e. The maximum absolute atomic E-state index is 14.4. The van der Waals surface area contributed by atoms with Crippen molar-refractivity contribution in [3.8, 4) is 0 Å². The van der Waals surface area contributed by atoms with Crippen molar-refractivity contribution in [2.75, 3.05) is 47.6 Å². The zero-order valence-electron chi connectivity index (χ0n) is 20.8. The van der Waals surface area contributed by atoms with E-state index in [1.165, 1.54) is 42.5 Å². The summed E-state index contributed by atoms with van der Waals surface area (Å²) in [6, 6.07) is 12.9. The number of likely N-dealkylation sites (N-methyl/N-ethyl adjacent to an activating group) is 1. The number of nitrogens with one attached hydrogen (secondary N) is 2. The minimum absolute atomic E-state index is 0. The first kappa shape index (κ1) is 29.6. The van der Waals surface area contributed by atoms with E-state index >= 15 is 0 Å². The van der Waals surface area contributed by atoms with Gasteiger partial charge in [-0.2, -0.15) is 0 Å². The molecule has 1 aliphatic heterocycles. The maximum Gasteiger partial charge on any atom is 0.262 e. The molecule has 3 aromatic carbocycles. The fourth-order valence-corrected chi connectivity index (χ4v) is 6.64. The molecule has 1 aliphatic rings. The lowest BCUT2D eigenvalue weighted by molar-refractivity contribution is 0.313. The Morgan fingerprint density at radius 2 is 1.47 bits per heavy atom. The van der Waals surface area contributed by atoms with E-state index in [2.05, 4.69) is 19.2 Å². The van der Waals surface area contributed by atoms with E-state index in [4.69, 9.17) is 0 Å². The molecule has 38 heavy (non-hydrogen) atoms. The third kappa shape index (κ3) is 6.55. The Kier molecular flexibility index (Phi) is 9.24. The van der Waals surface area contributed by atoms with Crippen molar-refractivity contribution < 1.29 is 25.6 Å². The van der Waals surface area contributed by atoms with Gasteiger partial charge in [-0.15, -0.1) is 12.4 Å². The molecular formula is C25H29ClF2N4O4S2. The number of halogens is 3. The second-order valence-electron chi connectivity index (χ2n) is 8.76. The number of nitrogens with zero attached hydrogens (tertiary/aromatic N) is 2. The van der Waals surface area contributed by atoms with Crippen molar-refractivity contribution in [1.29, 1.82) is 0 Å². The summed E-state index contributed by atoms with van der Waals surface area (Å²) < 4.78 is 85.6. The van der Waals surface area contributed by atoms with E-state index in [9.17, 15) is 25.6 Å².